The summed E-state index contributed by atoms with van der Waals surface area (Å²) in [7, 11) is 0. The first-order chi connectivity index (χ1) is 20.1. The molecule has 3 aromatic rings. The summed E-state index contributed by atoms with van der Waals surface area (Å²) in [6.45, 7) is 8.59. The molecule has 0 aliphatic carbocycles. The Morgan fingerprint density at radius 1 is 0.738 bits per heavy atom. The van der Waals surface area contributed by atoms with Crippen LogP contribution >= 0.6 is 0 Å². The highest BCUT2D eigenvalue weighted by atomic mass is 16.5. The molecule has 0 bridgehead atoms. The molecule has 0 aliphatic heterocycles. The second kappa shape index (κ2) is 16.3. The van der Waals surface area contributed by atoms with E-state index in [0.29, 0.717) is 18.9 Å². The zero-order valence-corrected chi connectivity index (χ0v) is 25.2. The Morgan fingerprint density at radius 2 is 1.33 bits per heavy atom. The monoisotopic (exact) mass is 572 g/mol. The summed E-state index contributed by atoms with van der Waals surface area (Å²) >= 11 is 0. The molecule has 7 nitrogen and oxygen atoms in total. The van der Waals surface area contributed by atoms with Gasteiger partial charge >= 0.3 is 18.0 Å². The molecule has 0 aliphatic rings. The molecule has 2 N–H and O–H groups in total. The van der Waals surface area contributed by atoms with Crippen LogP contribution in [0.1, 0.15) is 51.7 Å². The highest BCUT2D eigenvalue weighted by Gasteiger charge is 2.29. The predicted molar refractivity (Wildman–Crippen MR) is 166 cm³/mol. The van der Waals surface area contributed by atoms with Crippen LogP contribution in [0.5, 0.6) is 0 Å². The minimum absolute atomic E-state index is 0.0730. The first kappa shape index (κ1) is 32.4. The third-order valence-corrected chi connectivity index (χ3v) is 7.06. The number of amides is 2. The van der Waals surface area contributed by atoms with Gasteiger partial charge in [0.1, 0.15) is 12.6 Å². The standard InChI is InChI=1S/C35H44N2O5/c1-25(2)15-18-31(33(38)39)23-37(22-26(3)4)35(41)36-32(34(40)42-24-28-11-7-5-8-12-28)21-27-16-19-30(20-17-27)29-13-9-6-10-14-29/h5-14,16-17,19-20,25-26,31-32H,15,18,21-24H2,1-4H3,(H,36,41)(H,38,39)/t31?,32-/m0/s1. The Kier molecular flexibility index (Phi) is 12.6. The van der Waals surface area contributed by atoms with Gasteiger partial charge < -0.3 is 20.1 Å². The van der Waals surface area contributed by atoms with E-state index in [2.05, 4.69) is 19.2 Å². The van der Waals surface area contributed by atoms with Gasteiger partial charge in [-0.25, -0.2) is 9.59 Å². The van der Waals surface area contributed by atoms with Crippen molar-refractivity contribution in [2.24, 2.45) is 17.8 Å². The lowest BCUT2D eigenvalue weighted by Gasteiger charge is -2.29. The summed E-state index contributed by atoms with van der Waals surface area (Å²) in [5, 5.41) is 12.7. The van der Waals surface area contributed by atoms with Gasteiger partial charge in [-0.1, -0.05) is 119 Å². The zero-order chi connectivity index (χ0) is 30.5. The van der Waals surface area contributed by atoms with E-state index in [0.717, 1.165) is 28.7 Å². The van der Waals surface area contributed by atoms with Crippen LogP contribution in [0, 0.1) is 17.8 Å². The number of carbonyl (C=O) groups is 3. The topological polar surface area (TPSA) is 95.9 Å². The van der Waals surface area contributed by atoms with Crippen molar-refractivity contribution < 1.29 is 24.2 Å². The molecule has 7 heteroatoms. The summed E-state index contributed by atoms with van der Waals surface area (Å²) in [6.07, 6.45) is 1.46. The highest BCUT2D eigenvalue weighted by Crippen LogP contribution is 2.20. The van der Waals surface area contributed by atoms with Gasteiger partial charge in [0.2, 0.25) is 0 Å². The number of ether oxygens (including phenoxy) is 1. The van der Waals surface area contributed by atoms with E-state index < -0.39 is 29.9 Å². The zero-order valence-electron chi connectivity index (χ0n) is 25.2. The number of urea groups is 1. The second-order valence-corrected chi connectivity index (χ2v) is 11.7. The number of hydrogen-bond acceptors (Lipinski definition) is 4. The minimum Gasteiger partial charge on any atom is -0.481 e. The maximum Gasteiger partial charge on any atom is 0.329 e. The lowest BCUT2D eigenvalue weighted by Crippen LogP contribution is -2.51. The van der Waals surface area contributed by atoms with Crippen LogP contribution in [0.15, 0.2) is 84.9 Å². The molecule has 2 atom stereocenters. The van der Waals surface area contributed by atoms with Gasteiger partial charge in [0, 0.05) is 19.5 Å². The Balaban J connectivity index is 1.79. The van der Waals surface area contributed by atoms with Crippen LogP contribution in [0.25, 0.3) is 11.1 Å². The Bertz CT molecular complexity index is 1260. The second-order valence-electron chi connectivity index (χ2n) is 11.7. The number of carboxylic acids is 1. The van der Waals surface area contributed by atoms with Gasteiger partial charge in [-0.2, -0.15) is 0 Å². The van der Waals surface area contributed by atoms with Crippen molar-refractivity contribution in [3.05, 3.63) is 96.1 Å². The molecule has 0 radical (unpaired) electrons. The molecule has 0 saturated heterocycles. The van der Waals surface area contributed by atoms with Gasteiger partial charge in [0.15, 0.2) is 0 Å². The smallest absolute Gasteiger partial charge is 0.329 e. The van der Waals surface area contributed by atoms with Crippen molar-refractivity contribution in [2.75, 3.05) is 13.1 Å². The van der Waals surface area contributed by atoms with E-state index >= 15 is 0 Å². The van der Waals surface area contributed by atoms with Crippen LogP contribution in [0.2, 0.25) is 0 Å². The molecule has 0 heterocycles. The summed E-state index contributed by atoms with van der Waals surface area (Å²) in [4.78, 5) is 40.5. The molecule has 224 valence electrons. The van der Waals surface area contributed by atoms with Crippen molar-refractivity contribution in [3.8, 4) is 11.1 Å². The summed E-state index contributed by atoms with van der Waals surface area (Å²) < 4.78 is 5.64. The maximum absolute atomic E-state index is 13.6. The van der Waals surface area contributed by atoms with E-state index in [9.17, 15) is 19.5 Å². The molecular weight excluding hydrogens is 528 g/mol. The first-order valence-electron chi connectivity index (χ1n) is 14.8. The van der Waals surface area contributed by atoms with Crippen LogP contribution in [0.4, 0.5) is 4.79 Å². The molecule has 0 spiro atoms. The fourth-order valence-corrected chi connectivity index (χ4v) is 4.74. The van der Waals surface area contributed by atoms with Gasteiger partial charge in [-0.05, 0) is 40.5 Å². The van der Waals surface area contributed by atoms with E-state index in [1.807, 2.05) is 98.8 Å². The normalized spacial score (nSPS) is 12.5. The van der Waals surface area contributed by atoms with Gasteiger partial charge in [-0.3, -0.25) is 4.79 Å². The summed E-state index contributed by atoms with van der Waals surface area (Å²) in [6, 6.07) is 25.9. The summed E-state index contributed by atoms with van der Waals surface area (Å²) in [5.74, 6) is -1.68. The average Bonchev–Trinajstić information content (AvgIpc) is 2.98. The Hall–Kier alpha value is -4.13. The van der Waals surface area contributed by atoms with Crippen molar-refractivity contribution >= 4 is 18.0 Å². The maximum atomic E-state index is 13.6. The number of aliphatic carboxylic acids is 1. The molecule has 3 rings (SSSR count). The molecule has 3 aromatic carbocycles. The third kappa shape index (κ3) is 10.7. The number of hydrogen-bond donors (Lipinski definition) is 2. The third-order valence-electron chi connectivity index (χ3n) is 7.06. The van der Waals surface area contributed by atoms with Gasteiger partial charge in [-0.15, -0.1) is 0 Å². The largest absolute Gasteiger partial charge is 0.481 e. The number of nitrogens with zero attached hydrogens (tertiary/aromatic N) is 1. The minimum atomic E-state index is -0.947. The van der Waals surface area contributed by atoms with Crippen LogP contribution in [-0.4, -0.2) is 47.1 Å². The lowest BCUT2D eigenvalue weighted by atomic mass is 9.97. The van der Waals surface area contributed by atoms with Crippen LogP contribution in [-0.2, 0) is 27.4 Å². The molecule has 0 aromatic heterocycles. The fourth-order valence-electron chi connectivity index (χ4n) is 4.74. The van der Waals surface area contributed by atoms with Crippen molar-refractivity contribution in [1.29, 1.82) is 0 Å². The van der Waals surface area contributed by atoms with E-state index in [4.69, 9.17) is 4.74 Å². The first-order valence-corrected chi connectivity index (χ1v) is 14.8. The van der Waals surface area contributed by atoms with Crippen molar-refractivity contribution in [3.63, 3.8) is 0 Å². The number of carbonyl (C=O) groups excluding carboxylic acids is 2. The van der Waals surface area contributed by atoms with Crippen LogP contribution in [0.3, 0.4) is 0 Å². The number of rotatable bonds is 15. The highest BCUT2D eigenvalue weighted by molar-refractivity contribution is 5.84. The molecular formula is C35H44N2O5. The Labute approximate surface area is 249 Å². The van der Waals surface area contributed by atoms with Crippen LogP contribution < -0.4 is 5.32 Å². The SMILES string of the molecule is CC(C)CCC(CN(CC(C)C)C(=O)N[C@@H](Cc1ccc(-c2ccccc2)cc1)C(=O)OCc1ccccc1)C(=O)O. The van der Waals surface area contributed by atoms with E-state index in [-0.39, 0.29) is 25.5 Å². The number of carboxylic acid groups (broad SMARTS) is 1. The lowest BCUT2D eigenvalue weighted by molar-refractivity contribution is -0.147. The average molecular weight is 573 g/mol. The predicted octanol–water partition coefficient (Wildman–Crippen LogP) is 6.81. The fraction of sp³-hybridized carbons (Fsp3) is 0.400. The van der Waals surface area contributed by atoms with Gasteiger partial charge in [0.05, 0.1) is 5.92 Å². The van der Waals surface area contributed by atoms with Gasteiger partial charge in [0.25, 0.3) is 0 Å². The van der Waals surface area contributed by atoms with Crippen molar-refractivity contribution in [1.82, 2.24) is 10.2 Å². The molecule has 42 heavy (non-hydrogen) atoms. The Morgan fingerprint density at radius 3 is 1.90 bits per heavy atom. The van der Waals surface area contributed by atoms with Crippen molar-refractivity contribution in [2.45, 2.75) is 59.6 Å². The quantitative estimate of drug-likeness (QED) is 0.195. The molecule has 1 unspecified atom stereocenters. The van der Waals surface area contributed by atoms with E-state index in [1.165, 1.54) is 4.90 Å². The number of nitrogens with one attached hydrogen (secondary N) is 1. The molecule has 0 saturated carbocycles. The van der Waals surface area contributed by atoms with E-state index in [1.54, 1.807) is 0 Å². The summed E-state index contributed by atoms with van der Waals surface area (Å²) in [5.41, 5.74) is 3.85. The number of benzene rings is 3. The number of esters is 1. The molecule has 0 fully saturated rings. The molecule has 2 amide bonds.